The molecule has 2 aliphatic rings. The van der Waals surface area contributed by atoms with Gasteiger partial charge in [0.15, 0.2) is 0 Å². The molecule has 3 heteroatoms. The van der Waals surface area contributed by atoms with Gasteiger partial charge >= 0.3 is 0 Å². The lowest BCUT2D eigenvalue weighted by atomic mass is 9.94. The van der Waals surface area contributed by atoms with Crippen LogP contribution in [0.3, 0.4) is 0 Å². The number of hydrogen-bond donors (Lipinski definition) is 1. The Morgan fingerprint density at radius 1 is 1.28 bits per heavy atom. The van der Waals surface area contributed by atoms with Gasteiger partial charge in [-0.1, -0.05) is 30.3 Å². The zero-order chi connectivity index (χ0) is 12.5. The number of nitrogens with two attached hydrogens (primary N) is 1. The standard InChI is InChI=1S/C15H20N2O/c16-15(18)8-13-12-6-7-14(13)17(10-12)9-11-4-2-1-3-5-11/h1-5,12-14H,6-10H2,(H2,16,18). The first-order chi connectivity index (χ1) is 8.74. The Hall–Kier alpha value is -1.35. The van der Waals surface area contributed by atoms with Crippen molar-refractivity contribution in [1.82, 2.24) is 4.90 Å². The molecule has 1 aliphatic heterocycles. The lowest BCUT2D eigenvalue weighted by molar-refractivity contribution is -0.119. The van der Waals surface area contributed by atoms with Crippen LogP contribution in [0, 0.1) is 11.8 Å². The van der Waals surface area contributed by atoms with E-state index in [0.717, 1.165) is 13.1 Å². The number of fused-ring (bicyclic) bond motifs is 2. The minimum Gasteiger partial charge on any atom is -0.370 e. The van der Waals surface area contributed by atoms with Gasteiger partial charge in [-0.2, -0.15) is 0 Å². The summed E-state index contributed by atoms with van der Waals surface area (Å²) in [5.74, 6) is 1.05. The van der Waals surface area contributed by atoms with Crippen molar-refractivity contribution in [2.75, 3.05) is 6.54 Å². The average molecular weight is 244 g/mol. The lowest BCUT2D eigenvalue weighted by Gasteiger charge is -2.27. The number of primary amides is 1. The molecule has 18 heavy (non-hydrogen) atoms. The molecule has 0 radical (unpaired) electrons. The van der Waals surface area contributed by atoms with Crippen molar-refractivity contribution >= 4 is 5.91 Å². The minimum absolute atomic E-state index is 0.140. The summed E-state index contributed by atoms with van der Waals surface area (Å²) in [6, 6.07) is 11.2. The van der Waals surface area contributed by atoms with Gasteiger partial charge in [-0.15, -0.1) is 0 Å². The van der Waals surface area contributed by atoms with Gasteiger partial charge in [-0.05, 0) is 30.2 Å². The Kier molecular flexibility index (Phi) is 3.08. The van der Waals surface area contributed by atoms with E-state index in [2.05, 4.69) is 35.2 Å². The molecule has 1 aromatic carbocycles. The van der Waals surface area contributed by atoms with Crippen LogP contribution in [0.25, 0.3) is 0 Å². The van der Waals surface area contributed by atoms with Crippen LogP contribution < -0.4 is 5.73 Å². The van der Waals surface area contributed by atoms with E-state index >= 15 is 0 Å². The molecule has 3 nitrogen and oxygen atoms in total. The quantitative estimate of drug-likeness (QED) is 0.877. The van der Waals surface area contributed by atoms with Crippen LogP contribution in [0.5, 0.6) is 0 Å². The number of amides is 1. The summed E-state index contributed by atoms with van der Waals surface area (Å²) >= 11 is 0. The van der Waals surface area contributed by atoms with Crippen molar-refractivity contribution in [3.8, 4) is 0 Å². The molecule has 2 fully saturated rings. The van der Waals surface area contributed by atoms with Crippen LogP contribution in [0.2, 0.25) is 0 Å². The third kappa shape index (κ3) is 2.15. The molecular weight excluding hydrogens is 224 g/mol. The molecule has 0 aromatic heterocycles. The van der Waals surface area contributed by atoms with Crippen molar-refractivity contribution in [3.05, 3.63) is 35.9 Å². The molecule has 1 heterocycles. The molecule has 3 rings (SSSR count). The third-order valence-corrected chi connectivity index (χ3v) is 4.54. The Morgan fingerprint density at radius 3 is 2.78 bits per heavy atom. The van der Waals surface area contributed by atoms with Crippen molar-refractivity contribution in [1.29, 1.82) is 0 Å². The maximum Gasteiger partial charge on any atom is 0.217 e. The molecule has 1 saturated carbocycles. The Balaban J connectivity index is 1.68. The predicted molar refractivity (Wildman–Crippen MR) is 70.7 cm³/mol. The molecule has 2 bridgehead atoms. The highest BCUT2D eigenvalue weighted by Gasteiger charge is 2.46. The van der Waals surface area contributed by atoms with E-state index in [0.29, 0.717) is 24.3 Å². The number of hydrogen-bond acceptors (Lipinski definition) is 2. The van der Waals surface area contributed by atoms with Crippen LogP contribution in [0.4, 0.5) is 0 Å². The first kappa shape index (κ1) is 11.7. The summed E-state index contributed by atoms with van der Waals surface area (Å²) < 4.78 is 0. The summed E-state index contributed by atoms with van der Waals surface area (Å²) in [6.07, 6.45) is 3.07. The van der Waals surface area contributed by atoms with E-state index in [1.807, 2.05) is 0 Å². The summed E-state index contributed by atoms with van der Waals surface area (Å²) in [5, 5.41) is 0. The third-order valence-electron chi connectivity index (χ3n) is 4.54. The Labute approximate surface area is 108 Å². The monoisotopic (exact) mass is 244 g/mol. The first-order valence-electron chi connectivity index (χ1n) is 6.80. The normalized spacial score (nSPS) is 30.8. The summed E-state index contributed by atoms with van der Waals surface area (Å²) in [7, 11) is 0. The Bertz CT molecular complexity index is 431. The molecule has 3 unspecified atom stereocenters. The first-order valence-corrected chi connectivity index (χ1v) is 6.80. The molecule has 0 spiro atoms. The Morgan fingerprint density at radius 2 is 2.06 bits per heavy atom. The SMILES string of the molecule is NC(=O)CC1C2CCC1N(Cc1ccccc1)C2. The molecule has 96 valence electrons. The van der Waals surface area contributed by atoms with Crippen LogP contribution in [0.1, 0.15) is 24.8 Å². The highest BCUT2D eigenvalue weighted by molar-refractivity contribution is 5.74. The number of likely N-dealkylation sites (tertiary alicyclic amines) is 1. The van der Waals surface area contributed by atoms with Gasteiger partial charge < -0.3 is 5.73 Å². The van der Waals surface area contributed by atoms with E-state index in [4.69, 9.17) is 5.73 Å². The highest BCUT2D eigenvalue weighted by atomic mass is 16.1. The second kappa shape index (κ2) is 4.73. The van der Waals surface area contributed by atoms with Crippen molar-refractivity contribution in [2.24, 2.45) is 17.6 Å². The maximum atomic E-state index is 11.1. The van der Waals surface area contributed by atoms with Gasteiger partial charge in [0.2, 0.25) is 5.91 Å². The predicted octanol–water partition coefficient (Wildman–Crippen LogP) is 1.77. The van der Waals surface area contributed by atoms with Crippen LogP contribution in [0.15, 0.2) is 30.3 Å². The summed E-state index contributed by atoms with van der Waals surface area (Å²) in [4.78, 5) is 13.7. The fraction of sp³-hybridized carbons (Fsp3) is 0.533. The summed E-state index contributed by atoms with van der Waals surface area (Å²) in [6.45, 7) is 2.15. The van der Waals surface area contributed by atoms with Crippen molar-refractivity contribution in [3.63, 3.8) is 0 Å². The number of carbonyl (C=O) groups excluding carboxylic acids is 1. The van der Waals surface area contributed by atoms with Crippen LogP contribution >= 0.6 is 0 Å². The fourth-order valence-corrected chi connectivity index (χ4v) is 3.78. The van der Waals surface area contributed by atoms with E-state index in [-0.39, 0.29) is 5.91 Å². The number of nitrogens with zero attached hydrogens (tertiary/aromatic N) is 1. The summed E-state index contributed by atoms with van der Waals surface area (Å²) in [5.41, 5.74) is 6.73. The van der Waals surface area contributed by atoms with Gasteiger partial charge in [0.25, 0.3) is 0 Å². The molecule has 2 N–H and O–H groups in total. The largest absolute Gasteiger partial charge is 0.370 e. The number of benzene rings is 1. The second-order valence-corrected chi connectivity index (χ2v) is 5.65. The van der Waals surface area contributed by atoms with E-state index in [9.17, 15) is 4.79 Å². The molecule has 1 aromatic rings. The topological polar surface area (TPSA) is 46.3 Å². The van der Waals surface area contributed by atoms with Gasteiger partial charge in [0, 0.05) is 25.6 Å². The minimum atomic E-state index is -0.140. The van der Waals surface area contributed by atoms with E-state index in [1.165, 1.54) is 18.4 Å². The molecule has 1 saturated heterocycles. The molecular formula is C15H20N2O. The lowest BCUT2D eigenvalue weighted by Crippen LogP contribution is -2.33. The number of rotatable bonds is 4. The second-order valence-electron chi connectivity index (χ2n) is 5.65. The zero-order valence-electron chi connectivity index (χ0n) is 10.6. The fourth-order valence-electron chi connectivity index (χ4n) is 3.78. The van der Waals surface area contributed by atoms with Gasteiger partial charge in [-0.3, -0.25) is 9.69 Å². The maximum absolute atomic E-state index is 11.1. The number of piperidine rings is 1. The van der Waals surface area contributed by atoms with E-state index in [1.54, 1.807) is 0 Å². The van der Waals surface area contributed by atoms with Crippen LogP contribution in [-0.4, -0.2) is 23.4 Å². The molecule has 1 aliphatic carbocycles. The van der Waals surface area contributed by atoms with Crippen molar-refractivity contribution in [2.45, 2.75) is 31.8 Å². The molecule has 3 atom stereocenters. The molecule has 1 amide bonds. The highest BCUT2D eigenvalue weighted by Crippen LogP contribution is 2.44. The zero-order valence-corrected chi connectivity index (χ0v) is 10.6. The van der Waals surface area contributed by atoms with Gasteiger partial charge in [-0.25, -0.2) is 0 Å². The van der Waals surface area contributed by atoms with Crippen LogP contribution in [-0.2, 0) is 11.3 Å². The smallest absolute Gasteiger partial charge is 0.217 e. The number of carbonyl (C=O) groups is 1. The van der Waals surface area contributed by atoms with Gasteiger partial charge in [0.05, 0.1) is 0 Å². The van der Waals surface area contributed by atoms with Crippen molar-refractivity contribution < 1.29 is 4.79 Å². The van der Waals surface area contributed by atoms with Gasteiger partial charge in [0.1, 0.15) is 0 Å². The average Bonchev–Trinajstić information content (AvgIpc) is 2.86. The van der Waals surface area contributed by atoms with E-state index < -0.39 is 0 Å².